The van der Waals surface area contributed by atoms with Crippen molar-refractivity contribution in [2.24, 2.45) is 0 Å². The van der Waals surface area contributed by atoms with E-state index in [1.165, 1.54) is 0 Å². The number of nitrogens with zero attached hydrogens (tertiary/aromatic N) is 1. The van der Waals surface area contributed by atoms with Crippen LogP contribution in [0.5, 0.6) is 5.75 Å². The number of aliphatic hydroxyl groups is 1. The number of carbonyl (C=O) groups excluding carboxylic acids is 1. The van der Waals surface area contributed by atoms with Crippen LogP contribution >= 0.6 is 11.6 Å². The number of hydrogen-bond donors (Lipinski definition) is 1. The minimum Gasteiger partial charge on any atom is -0.496 e. The molecule has 1 aliphatic rings. The van der Waals surface area contributed by atoms with E-state index >= 15 is 0 Å². The Morgan fingerprint density at radius 3 is 2.38 bits per heavy atom. The number of methoxy groups -OCH3 is 1. The van der Waals surface area contributed by atoms with Gasteiger partial charge in [0, 0.05) is 29.2 Å². The fourth-order valence-corrected chi connectivity index (χ4v) is 3.69. The predicted molar refractivity (Wildman–Crippen MR) is 103 cm³/mol. The molecular weight excluding hydrogens is 354 g/mol. The highest BCUT2D eigenvalue weighted by Crippen LogP contribution is 2.43. The van der Waals surface area contributed by atoms with Gasteiger partial charge in [-0.05, 0) is 65.0 Å². The van der Waals surface area contributed by atoms with Crippen LogP contribution in [0, 0.1) is 6.92 Å². The molecule has 146 valence electrons. The molecule has 1 aliphatic heterocycles. The summed E-state index contributed by atoms with van der Waals surface area (Å²) in [7, 11) is 1.62. The lowest BCUT2D eigenvalue weighted by Gasteiger charge is -2.35. The van der Waals surface area contributed by atoms with E-state index in [0.717, 1.165) is 24.0 Å². The fraction of sp³-hybridized carbons (Fsp3) is 0.650. The first-order chi connectivity index (χ1) is 12.0. The molecule has 0 aromatic heterocycles. The molecule has 5 nitrogen and oxygen atoms in total. The van der Waals surface area contributed by atoms with E-state index in [1.54, 1.807) is 25.0 Å². The summed E-state index contributed by atoms with van der Waals surface area (Å²) < 4.78 is 11.1. The zero-order valence-corrected chi connectivity index (χ0v) is 17.3. The van der Waals surface area contributed by atoms with Crippen LogP contribution in [-0.2, 0) is 4.74 Å². The van der Waals surface area contributed by atoms with Gasteiger partial charge in [-0.2, -0.15) is 0 Å². The van der Waals surface area contributed by atoms with Crippen LogP contribution in [0.25, 0.3) is 0 Å². The molecule has 6 heteroatoms. The summed E-state index contributed by atoms with van der Waals surface area (Å²) in [5.74, 6) is 0.928. The summed E-state index contributed by atoms with van der Waals surface area (Å²) in [6.07, 6.45) is 0.672. The number of hydrogen-bond acceptors (Lipinski definition) is 4. The molecule has 1 heterocycles. The molecule has 2 rings (SSSR count). The normalized spacial score (nSPS) is 17.2. The summed E-state index contributed by atoms with van der Waals surface area (Å²) in [5.41, 5.74) is 2.23. The van der Waals surface area contributed by atoms with Crippen LogP contribution in [0.15, 0.2) is 6.07 Å². The average molecular weight is 384 g/mol. The Bertz CT molecular complexity index is 659. The Hall–Kier alpha value is -1.46. The van der Waals surface area contributed by atoms with Crippen molar-refractivity contribution in [1.82, 2.24) is 4.90 Å². The van der Waals surface area contributed by atoms with Crippen LogP contribution in [-0.4, -0.2) is 41.9 Å². The van der Waals surface area contributed by atoms with Crippen molar-refractivity contribution in [2.75, 3.05) is 20.2 Å². The molecule has 1 aromatic carbocycles. The number of halogens is 1. The van der Waals surface area contributed by atoms with Gasteiger partial charge in [-0.25, -0.2) is 4.79 Å². The summed E-state index contributed by atoms with van der Waals surface area (Å²) in [6.45, 7) is 10.5. The van der Waals surface area contributed by atoms with Gasteiger partial charge in [0.2, 0.25) is 0 Å². The van der Waals surface area contributed by atoms with Gasteiger partial charge in [-0.3, -0.25) is 0 Å². The Kier molecular flexibility index (Phi) is 6.46. The topological polar surface area (TPSA) is 59.0 Å². The van der Waals surface area contributed by atoms with Crippen LogP contribution in [0.4, 0.5) is 4.79 Å². The fourth-order valence-electron chi connectivity index (χ4n) is 3.47. The monoisotopic (exact) mass is 383 g/mol. The third-order valence-corrected chi connectivity index (χ3v) is 5.15. The van der Waals surface area contributed by atoms with Crippen molar-refractivity contribution in [2.45, 2.75) is 65.1 Å². The lowest BCUT2D eigenvalue weighted by molar-refractivity contribution is 0.0204. The van der Waals surface area contributed by atoms with Crippen molar-refractivity contribution in [3.63, 3.8) is 0 Å². The second-order valence-corrected chi connectivity index (χ2v) is 8.34. The third-order valence-electron chi connectivity index (χ3n) is 4.76. The summed E-state index contributed by atoms with van der Waals surface area (Å²) in [4.78, 5) is 14.0. The first-order valence-electron chi connectivity index (χ1n) is 9.08. The molecule has 0 radical (unpaired) electrons. The zero-order valence-electron chi connectivity index (χ0n) is 16.6. The van der Waals surface area contributed by atoms with Crippen molar-refractivity contribution < 1.29 is 19.4 Å². The minimum absolute atomic E-state index is 0.222. The largest absolute Gasteiger partial charge is 0.496 e. The number of benzene rings is 1. The maximum atomic E-state index is 12.3. The van der Waals surface area contributed by atoms with Gasteiger partial charge < -0.3 is 19.5 Å². The quantitative estimate of drug-likeness (QED) is 0.812. The number of aliphatic hydroxyl groups excluding tert-OH is 1. The number of likely N-dealkylation sites (tertiary alicyclic amines) is 1. The van der Waals surface area contributed by atoms with E-state index in [9.17, 15) is 9.90 Å². The smallest absolute Gasteiger partial charge is 0.410 e. The number of ether oxygens (including phenoxy) is 2. The van der Waals surface area contributed by atoms with E-state index in [4.69, 9.17) is 21.1 Å². The van der Waals surface area contributed by atoms with E-state index in [2.05, 4.69) is 0 Å². The van der Waals surface area contributed by atoms with Crippen molar-refractivity contribution in [3.8, 4) is 5.75 Å². The van der Waals surface area contributed by atoms with Gasteiger partial charge in [0.05, 0.1) is 13.2 Å². The van der Waals surface area contributed by atoms with Gasteiger partial charge >= 0.3 is 6.09 Å². The van der Waals surface area contributed by atoms with Crippen LogP contribution < -0.4 is 4.74 Å². The Balaban J connectivity index is 2.23. The molecule has 1 atom stereocenters. The summed E-state index contributed by atoms with van der Waals surface area (Å²) in [5, 5.41) is 10.7. The Morgan fingerprint density at radius 2 is 1.92 bits per heavy atom. The van der Waals surface area contributed by atoms with Crippen LogP contribution in [0.3, 0.4) is 0 Å². The minimum atomic E-state index is -0.663. The van der Waals surface area contributed by atoms with E-state index in [0.29, 0.717) is 29.4 Å². The Morgan fingerprint density at radius 1 is 1.35 bits per heavy atom. The third kappa shape index (κ3) is 4.63. The highest BCUT2D eigenvalue weighted by atomic mass is 35.5. The van der Waals surface area contributed by atoms with Gasteiger partial charge in [-0.15, -0.1) is 0 Å². The molecule has 1 saturated heterocycles. The molecule has 0 saturated carbocycles. The van der Waals surface area contributed by atoms with Gasteiger partial charge in [-0.1, -0.05) is 11.6 Å². The molecule has 0 spiro atoms. The molecule has 1 amide bonds. The highest BCUT2D eigenvalue weighted by molar-refractivity contribution is 6.31. The highest BCUT2D eigenvalue weighted by Gasteiger charge is 2.31. The van der Waals surface area contributed by atoms with Crippen molar-refractivity contribution in [3.05, 3.63) is 27.8 Å². The van der Waals surface area contributed by atoms with Crippen molar-refractivity contribution >= 4 is 17.7 Å². The number of piperidine rings is 1. The van der Waals surface area contributed by atoms with E-state index in [1.807, 2.05) is 27.7 Å². The molecule has 1 N–H and O–H groups in total. The standard InChI is InChI=1S/C20H30ClNO4/c1-12-16(21)11-15(13(2)23)18(25-6)17(12)14-7-9-22(10-8-14)19(24)26-20(3,4)5/h11,13-14,23H,7-10H2,1-6H3/t13-/m1/s1. The summed E-state index contributed by atoms with van der Waals surface area (Å²) in [6, 6.07) is 1.78. The van der Waals surface area contributed by atoms with Gasteiger partial charge in [0.1, 0.15) is 11.4 Å². The molecule has 0 bridgehead atoms. The van der Waals surface area contributed by atoms with E-state index < -0.39 is 11.7 Å². The van der Waals surface area contributed by atoms with E-state index in [-0.39, 0.29) is 12.0 Å². The van der Waals surface area contributed by atoms with Gasteiger partial charge in [0.25, 0.3) is 0 Å². The molecular formula is C20H30ClNO4. The molecule has 0 unspecified atom stereocenters. The number of amides is 1. The second kappa shape index (κ2) is 8.05. The zero-order chi connectivity index (χ0) is 19.6. The molecule has 1 fully saturated rings. The van der Waals surface area contributed by atoms with Crippen molar-refractivity contribution in [1.29, 1.82) is 0 Å². The Labute approximate surface area is 161 Å². The summed E-state index contributed by atoms with van der Waals surface area (Å²) >= 11 is 6.41. The molecule has 1 aromatic rings. The SMILES string of the molecule is COc1c([C@@H](C)O)cc(Cl)c(C)c1C1CCN(C(=O)OC(C)(C)C)CC1. The maximum Gasteiger partial charge on any atom is 0.410 e. The lowest BCUT2D eigenvalue weighted by atomic mass is 9.84. The molecule has 0 aliphatic carbocycles. The number of carbonyl (C=O) groups is 1. The maximum absolute atomic E-state index is 12.3. The van der Waals surface area contributed by atoms with Gasteiger partial charge in [0.15, 0.2) is 0 Å². The van der Waals surface area contributed by atoms with Crippen LogP contribution in [0.2, 0.25) is 5.02 Å². The molecule has 26 heavy (non-hydrogen) atoms. The first-order valence-corrected chi connectivity index (χ1v) is 9.45. The number of rotatable bonds is 3. The second-order valence-electron chi connectivity index (χ2n) is 7.94. The van der Waals surface area contributed by atoms with Crippen LogP contribution in [0.1, 0.15) is 69.2 Å². The first kappa shape index (κ1) is 20.8. The average Bonchev–Trinajstić information content (AvgIpc) is 2.55. The lowest BCUT2D eigenvalue weighted by Crippen LogP contribution is -2.41. The predicted octanol–water partition coefficient (Wildman–Crippen LogP) is 4.82.